The number of nitrogens with zero attached hydrogens (tertiary/aromatic N) is 1. The fourth-order valence-electron chi connectivity index (χ4n) is 1.36. The average Bonchev–Trinajstić information content (AvgIpc) is 2.86. The fourth-order valence-corrected chi connectivity index (χ4v) is 2.18. The number of carboxylic acid groups (broad SMARTS) is 1. The Morgan fingerprint density at radius 3 is 2.63 bits per heavy atom. The van der Waals surface area contributed by atoms with Crippen LogP contribution in [0.2, 0.25) is 0 Å². The number of benzene rings is 1. The molecule has 0 aliphatic heterocycles. The summed E-state index contributed by atoms with van der Waals surface area (Å²) >= 11 is 1.32. The number of anilines is 1. The van der Waals surface area contributed by atoms with Gasteiger partial charge in [-0.25, -0.2) is 9.78 Å². The fraction of sp³-hybridized carbons (Fsp3) is 0. The van der Waals surface area contributed by atoms with Crippen molar-refractivity contribution < 1.29 is 14.7 Å². The van der Waals surface area contributed by atoms with Crippen LogP contribution in [0.15, 0.2) is 48.7 Å². The van der Waals surface area contributed by atoms with Crippen molar-refractivity contribution in [1.29, 1.82) is 0 Å². The molecule has 1 aromatic carbocycles. The summed E-state index contributed by atoms with van der Waals surface area (Å²) in [4.78, 5) is 25.8. The highest BCUT2D eigenvalue weighted by Crippen LogP contribution is 2.27. The maximum atomic E-state index is 11.4. The molecule has 0 fully saturated rings. The molecule has 0 saturated heterocycles. The van der Waals surface area contributed by atoms with E-state index in [1.54, 1.807) is 6.20 Å². The zero-order valence-electron chi connectivity index (χ0n) is 9.74. The summed E-state index contributed by atoms with van der Waals surface area (Å²) in [5.41, 5.74) is 0.967. The smallest absolute Gasteiger partial charge is 0.328 e. The highest BCUT2D eigenvalue weighted by atomic mass is 32.1. The second kappa shape index (κ2) is 5.92. The number of carbonyl (C=O) groups is 2. The van der Waals surface area contributed by atoms with E-state index in [-0.39, 0.29) is 0 Å². The first-order valence-corrected chi connectivity index (χ1v) is 6.20. The van der Waals surface area contributed by atoms with Crippen LogP contribution in [0.3, 0.4) is 0 Å². The van der Waals surface area contributed by atoms with Crippen molar-refractivity contribution in [3.63, 3.8) is 0 Å². The van der Waals surface area contributed by atoms with Crippen molar-refractivity contribution in [3.8, 4) is 10.6 Å². The van der Waals surface area contributed by atoms with E-state index in [9.17, 15) is 9.59 Å². The number of hydrogen-bond acceptors (Lipinski definition) is 4. The highest BCUT2D eigenvalue weighted by molar-refractivity contribution is 7.19. The topological polar surface area (TPSA) is 79.3 Å². The normalized spacial score (nSPS) is 10.5. The summed E-state index contributed by atoms with van der Waals surface area (Å²) in [6.45, 7) is 0. The molecule has 0 aliphatic carbocycles. The molecular weight excluding hydrogens is 264 g/mol. The molecule has 19 heavy (non-hydrogen) atoms. The van der Waals surface area contributed by atoms with Gasteiger partial charge in [0.1, 0.15) is 10.0 Å². The molecule has 1 aromatic heterocycles. The van der Waals surface area contributed by atoms with Gasteiger partial charge in [-0.15, -0.1) is 0 Å². The molecule has 0 aliphatic rings. The Morgan fingerprint density at radius 2 is 1.95 bits per heavy atom. The number of amides is 1. The van der Waals surface area contributed by atoms with E-state index in [0.717, 1.165) is 22.7 Å². The Labute approximate surface area is 113 Å². The highest BCUT2D eigenvalue weighted by Gasteiger charge is 2.06. The number of carboxylic acids is 1. The van der Waals surface area contributed by atoms with Gasteiger partial charge in [-0.05, 0) is 0 Å². The maximum absolute atomic E-state index is 11.4. The number of hydrogen-bond donors (Lipinski definition) is 2. The molecule has 1 heterocycles. The molecule has 0 spiro atoms. The third-order valence-electron chi connectivity index (χ3n) is 2.15. The van der Waals surface area contributed by atoms with Gasteiger partial charge in [0.25, 0.3) is 0 Å². The molecule has 96 valence electrons. The van der Waals surface area contributed by atoms with Crippen LogP contribution in [0, 0.1) is 0 Å². The predicted molar refractivity (Wildman–Crippen MR) is 73.0 cm³/mol. The van der Waals surface area contributed by atoms with Gasteiger partial charge in [0.05, 0.1) is 6.20 Å². The standard InChI is InChI=1S/C13H10N2O3S/c16-10(6-7-12(17)18)15-11-8-14-13(19-11)9-4-2-1-3-5-9/h1-8H,(H,15,16)(H,17,18). The van der Waals surface area contributed by atoms with E-state index in [1.165, 1.54) is 11.3 Å². The molecule has 6 heteroatoms. The van der Waals surface area contributed by atoms with Gasteiger partial charge >= 0.3 is 5.97 Å². The minimum Gasteiger partial charge on any atom is -0.478 e. The van der Waals surface area contributed by atoms with E-state index in [4.69, 9.17) is 5.11 Å². The van der Waals surface area contributed by atoms with Gasteiger partial charge < -0.3 is 10.4 Å². The molecule has 2 rings (SSSR count). The molecular formula is C13H10N2O3S. The average molecular weight is 274 g/mol. The van der Waals surface area contributed by atoms with E-state index in [0.29, 0.717) is 5.00 Å². The van der Waals surface area contributed by atoms with Crippen LogP contribution < -0.4 is 5.32 Å². The summed E-state index contributed by atoms with van der Waals surface area (Å²) in [6, 6.07) is 9.58. The zero-order valence-corrected chi connectivity index (χ0v) is 10.6. The Morgan fingerprint density at radius 1 is 1.21 bits per heavy atom. The van der Waals surface area contributed by atoms with Crippen molar-refractivity contribution in [1.82, 2.24) is 4.98 Å². The third kappa shape index (κ3) is 3.75. The van der Waals surface area contributed by atoms with E-state index >= 15 is 0 Å². The van der Waals surface area contributed by atoms with Crippen molar-refractivity contribution >= 4 is 28.2 Å². The van der Waals surface area contributed by atoms with Crippen molar-refractivity contribution in [2.75, 3.05) is 5.32 Å². The predicted octanol–water partition coefficient (Wildman–Crippen LogP) is 2.39. The lowest BCUT2D eigenvalue weighted by molar-refractivity contribution is -0.131. The SMILES string of the molecule is O=C(O)C=CC(=O)Nc1cnc(-c2ccccc2)s1. The number of rotatable bonds is 4. The van der Waals surface area contributed by atoms with E-state index < -0.39 is 11.9 Å². The lowest BCUT2D eigenvalue weighted by Gasteiger charge is -1.95. The zero-order chi connectivity index (χ0) is 13.7. The Balaban J connectivity index is 2.06. The van der Waals surface area contributed by atoms with Crippen LogP contribution in [0.1, 0.15) is 0 Å². The largest absolute Gasteiger partial charge is 0.478 e. The van der Waals surface area contributed by atoms with Gasteiger partial charge in [0, 0.05) is 17.7 Å². The number of thiazole rings is 1. The summed E-state index contributed by atoms with van der Waals surface area (Å²) < 4.78 is 0. The minimum atomic E-state index is -1.16. The van der Waals surface area contributed by atoms with Gasteiger partial charge in [0.2, 0.25) is 5.91 Å². The number of aliphatic carboxylic acids is 1. The lowest BCUT2D eigenvalue weighted by Crippen LogP contribution is -2.07. The molecule has 0 saturated carbocycles. The molecule has 5 nitrogen and oxygen atoms in total. The summed E-state index contributed by atoms with van der Waals surface area (Å²) in [5.74, 6) is -1.66. The molecule has 1 amide bonds. The van der Waals surface area contributed by atoms with Gasteiger partial charge in [-0.1, -0.05) is 41.7 Å². The first-order valence-electron chi connectivity index (χ1n) is 5.38. The summed E-state index contributed by atoms with van der Waals surface area (Å²) in [5, 5.41) is 12.3. The van der Waals surface area contributed by atoms with E-state index in [1.807, 2.05) is 30.3 Å². The molecule has 0 radical (unpaired) electrons. The van der Waals surface area contributed by atoms with Crippen LogP contribution in [0.25, 0.3) is 10.6 Å². The number of nitrogens with one attached hydrogen (secondary N) is 1. The van der Waals surface area contributed by atoms with E-state index in [2.05, 4.69) is 10.3 Å². The molecule has 2 N–H and O–H groups in total. The molecule has 2 aromatic rings. The van der Waals surface area contributed by atoms with Gasteiger partial charge in [0.15, 0.2) is 0 Å². The molecule has 0 bridgehead atoms. The van der Waals surface area contributed by atoms with Crippen LogP contribution in [-0.4, -0.2) is 22.0 Å². The van der Waals surface area contributed by atoms with Gasteiger partial charge in [-0.3, -0.25) is 4.79 Å². The Bertz CT molecular complexity index is 620. The number of aromatic nitrogens is 1. The first-order chi connectivity index (χ1) is 9.15. The second-order valence-electron chi connectivity index (χ2n) is 3.56. The van der Waals surface area contributed by atoms with Crippen molar-refractivity contribution in [2.45, 2.75) is 0 Å². The van der Waals surface area contributed by atoms with Crippen LogP contribution in [0.5, 0.6) is 0 Å². The number of carbonyl (C=O) groups excluding carboxylic acids is 1. The Kier molecular flexibility index (Phi) is 4.04. The first kappa shape index (κ1) is 13.0. The quantitative estimate of drug-likeness (QED) is 0.839. The molecule has 0 unspecified atom stereocenters. The van der Waals surface area contributed by atoms with Crippen LogP contribution in [0.4, 0.5) is 5.00 Å². The van der Waals surface area contributed by atoms with Crippen LogP contribution in [-0.2, 0) is 9.59 Å². The maximum Gasteiger partial charge on any atom is 0.328 e. The minimum absolute atomic E-state index is 0.495. The van der Waals surface area contributed by atoms with Gasteiger partial charge in [-0.2, -0.15) is 0 Å². The van der Waals surface area contributed by atoms with Crippen LogP contribution >= 0.6 is 11.3 Å². The molecule has 0 atom stereocenters. The lowest BCUT2D eigenvalue weighted by atomic mass is 10.2. The van der Waals surface area contributed by atoms with Crippen molar-refractivity contribution in [2.24, 2.45) is 0 Å². The monoisotopic (exact) mass is 274 g/mol. The summed E-state index contributed by atoms with van der Waals surface area (Å²) in [6.07, 6.45) is 3.29. The Hall–Kier alpha value is -2.47. The third-order valence-corrected chi connectivity index (χ3v) is 3.11. The van der Waals surface area contributed by atoms with Crippen molar-refractivity contribution in [3.05, 3.63) is 48.7 Å². The second-order valence-corrected chi connectivity index (χ2v) is 4.59. The summed E-state index contributed by atoms with van der Waals surface area (Å²) in [7, 11) is 0.